The summed E-state index contributed by atoms with van der Waals surface area (Å²) in [6, 6.07) is 11.5. The molecule has 0 saturated heterocycles. The third-order valence-electron chi connectivity index (χ3n) is 5.06. The number of amides is 1. The lowest BCUT2D eigenvalue weighted by molar-refractivity contribution is 0.0175. The number of carbonyl (C=O) groups is 1. The molecule has 7 nitrogen and oxygen atoms in total. The molecule has 32 heavy (non-hydrogen) atoms. The summed E-state index contributed by atoms with van der Waals surface area (Å²) in [4.78, 5) is 25.0. The molecule has 0 unspecified atom stereocenters. The number of hydrogen-bond donors (Lipinski definition) is 1. The number of nitrogens with zero attached hydrogens (tertiary/aromatic N) is 4. The number of rotatable bonds is 5. The molecule has 0 saturated carbocycles. The molecular weight excluding hydrogens is 416 g/mol. The Hall–Kier alpha value is -4.14. The summed E-state index contributed by atoms with van der Waals surface area (Å²) in [5, 5.41) is 2.85. The van der Waals surface area contributed by atoms with Crippen LogP contribution >= 0.6 is 0 Å². The zero-order valence-corrected chi connectivity index (χ0v) is 16.9. The van der Waals surface area contributed by atoms with Crippen LogP contribution in [0.5, 0.6) is 0 Å². The van der Waals surface area contributed by atoms with E-state index in [-0.39, 0.29) is 11.5 Å². The van der Waals surface area contributed by atoms with Crippen LogP contribution in [-0.4, -0.2) is 25.3 Å². The number of oxazole rings is 1. The normalized spacial score (nSPS) is 11.8. The van der Waals surface area contributed by atoms with Crippen LogP contribution in [0.1, 0.15) is 28.4 Å². The second kappa shape index (κ2) is 7.52. The lowest BCUT2D eigenvalue weighted by atomic mass is 10.1. The molecule has 3 heterocycles. The number of fused-ring (bicyclic) bond motifs is 2. The molecule has 3 aromatic heterocycles. The highest BCUT2D eigenvalue weighted by molar-refractivity contribution is 5.93. The van der Waals surface area contributed by atoms with Gasteiger partial charge in [-0.2, -0.15) is 0 Å². The number of nitrogens with one attached hydrogen (secondary N) is 1. The van der Waals surface area contributed by atoms with E-state index in [4.69, 9.17) is 4.42 Å². The monoisotopic (exact) mass is 433 g/mol. The quantitative estimate of drug-likeness (QED) is 0.439. The van der Waals surface area contributed by atoms with Crippen LogP contribution in [0.4, 0.5) is 8.78 Å². The highest BCUT2D eigenvalue weighted by Gasteiger charge is 2.25. The van der Waals surface area contributed by atoms with Crippen molar-refractivity contribution in [2.75, 3.05) is 0 Å². The number of alkyl halides is 2. The Kier molecular flexibility index (Phi) is 4.66. The number of aromatic nitrogens is 4. The first-order valence-corrected chi connectivity index (χ1v) is 9.82. The third-order valence-corrected chi connectivity index (χ3v) is 5.06. The highest BCUT2D eigenvalue weighted by atomic mass is 19.3. The fourth-order valence-corrected chi connectivity index (χ4v) is 3.30. The van der Waals surface area contributed by atoms with Gasteiger partial charge in [0.1, 0.15) is 5.52 Å². The maximum atomic E-state index is 13.5. The fraction of sp³-hybridized carbons (Fsp3) is 0.130. The van der Waals surface area contributed by atoms with Crippen LogP contribution in [0.3, 0.4) is 0 Å². The average molecular weight is 433 g/mol. The van der Waals surface area contributed by atoms with E-state index in [2.05, 4.69) is 20.3 Å². The summed E-state index contributed by atoms with van der Waals surface area (Å²) in [5.41, 5.74) is 2.70. The molecule has 1 N–H and O–H groups in total. The fourth-order valence-electron chi connectivity index (χ4n) is 3.30. The van der Waals surface area contributed by atoms with Crippen molar-refractivity contribution in [2.24, 2.45) is 0 Å². The molecule has 1 amide bonds. The van der Waals surface area contributed by atoms with Crippen LogP contribution in [0.15, 0.2) is 71.7 Å². The van der Waals surface area contributed by atoms with Crippen molar-refractivity contribution in [1.29, 1.82) is 0 Å². The maximum absolute atomic E-state index is 13.5. The molecule has 9 heteroatoms. The van der Waals surface area contributed by atoms with Gasteiger partial charge in [-0.1, -0.05) is 18.2 Å². The van der Waals surface area contributed by atoms with Crippen LogP contribution in [0.25, 0.3) is 28.3 Å². The number of imidazole rings is 1. The van der Waals surface area contributed by atoms with Crippen molar-refractivity contribution in [3.8, 4) is 11.5 Å². The molecule has 5 aromatic rings. The Labute approximate surface area is 180 Å². The molecule has 0 bridgehead atoms. The molecule has 5 rings (SSSR count). The minimum atomic E-state index is -2.95. The van der Waals surface area contributed by atoms with Gasteiger partial charge in [-0.25, -0.2) is 23.7 Å². The first-order valence-electron chi connectivity index (χ1n) is 9.82. The summed E-state index contributed by atoms with van der Waals surface area (Å²) in [6.07, 6.45) is 6.48. The summed E-state index contributed by atoms with van der Waals surface area (Å²) in [6.45, 7) is 1.17. The van der Waals surface area contributed by atoms with Gasteiger partial charge in [-0.3, -0.25) is 9.20 Å². The Bertz CT molecular complexity index is 1430. The van der Waals surface area contributed by atoms with Gasteiger partial charge < -0.3 is 9.73 Å². The predicted molar refractivity (Wildman–Crippen MR) is 113 cm³/mol. The molecule has 0 spiro atoms. The summed E-state index contributed by atoms with van der Waals surface area (Å²) < 4.78 is 34.5. The van der Waals surface area contributed by atoms with Crippen molar-refractivity contribution in [1.82, 2.24) is 24.7 Å². The molecule has 160 valence electrons. The van der Waals surface area contributed by atoms with E-state index in [1.165, 1.54) is 24.4 Å². The lowest BCUT2D eigenvalue weighted by Crippen LogP contribution is -2.23. The second-order valence-corrected chi connectivity index (χ2v) is 7.45. The van der Waals surface area contributed by atoms with E-state index in [1.54, 1.807) is 35.1 Å². The van der Waals surface area contributed by atoms with Crippen LogP contribution in [0.2, 0.25) is 0 Å². The Morgan fingerprint density at radius 1 is 1.16 bits per heavy atom. The number of hydrogen-bond acceptors (Lipinski definition) is 5. The lowest BCUT2D eigenvalue weighted by Gasteiger charge is -2.09. The molecule has 0 atom stereocenters. The van der Waals surface area contributed by atoms with E-state index in [9.17, 15) is 13.6 Å². The summed E-state index contributed by atoms with van der Waals surface area (Å²) >= 11 is 0. The van der Waals surface area contributed by atoms with Crippen molar-refractivity contribution < 1.29 is 18.0 Å². The van der Waals surface area contributed by atoms with Crippen LogP contribution < -0.4 is 5.32 Å². The first kappa shape index (κ1) is 19.8. The molecule has 0 aliphatic carbocycles. The maximum Gasteiger partial charge on any atom is 0.270 e. The van der Waals surface area contributed by atoms with Gasteiger partial charge in [-0.05, 0) is 29.8 Å². The van der Waals surface area contributed by atoms with Crippen LogP contribution in [0, 0.1) is 0 Å². The standard InChI is InChI=1S/C23H17F2N5O2/c1-23(24,25)17-6-7-18-19(10-17)32-21(29-18)15-4-2-14(3-5-15)11-27-20(31)16-12-28-22-26-8-9-30(22)13-16/h2-10,12-13H,11H2,1H3,(H,27,31). The van der Waals surface area contributed by atoms with E-state index in [0.29, 0.717) is 40.4 Å². The molecule has 0 aliphatic heterocycles. The van der Waals surface area contributed by atoms with E-state index < -0.39 is 5.92 Å². The van der Waals surface area contributed by atoms with Crippen molar-refractivity contribution in [2.45, 2.75) is 19.4 Å². The van der Waals surface area contributed by atoms with Crippen molar-refractivity contribution >= 4 is 22.8 Å². The van der Waals surface area contributed by atoms with Gasteiger partial charge >= 0.3 is 0 Å². The Balaban J connectivity index is 1.29. The van der Waals surface area contributed by atoms with Gasteiger partial charge in [-0.15, -0.1) is 0 Å². The van der Waals surface area contributed by atoms with Crippen molar-refractivity contribution in [3.05, 3.63) is 83.9 Å². The van der Waals surface area contributed by atoms with Crippen LogP contribution in [-0.2, 0) is 12.5 Å². The summed E-state index contributed by atoms with van der Waals surface area (Å²) in [7, 11) is 0. The summed E-state index contributed by atoms with van der Waals surface area (Å²) in [5.74, 6) is -2.34. The predicted octanol–water partition coefficient (Wildman–Crippen LogP) is 4.58. The van der Waals surface area contributed by atoms with Gasteiger partial charge in [0, 0.05) is 49.4 Å². The largest absolute Gasteiger partial charge is 0.436 e. The van der Waals surface area contributed by atoms with Crippen molar-refractivity contribution in [3.63, 3.8) is 0 Å². The molecule has 0 fully saturated rings. The van der Waals surface area contributed by atoms with E-state index in [1.807, 2.05) is 12.1 Å². The Morgan fingerprint density at radius 3 is 2.75 bits per heavy atom. The second-order valence-electron chi connectivity index (χ2n) is 7.45. The SMILES string of the molecule is CC(F)(F)c1ccc2nc(-c3ccc(CNC(=O)c4cnc5nccn5c4)cc3)oc2c1. The molecule has 0 aliphatic rings. The Morgan fingerprint density at radius 2 is 1.97 bits per heavy atom. The minimum Gasteiger partial charge on any atom is -0.436 e. The number of benzene rings is 2. The zero-order chi connectivity index (χ0) is 22.3. The third kappa shape index (κ3) is 3.80. The van der Waals surface area contributed by atoms with Gasteiger partial charge in [0.05, 0.1) is 5.56 Å². The molecular formula is C23H17F2N5O2. The van der Waals surface area contributed by atoms with Gasteiger partial charge in [0.2, 0.25) is 11.7 Å². The zero-order valence-electron chi connectivity index (χ0n) is 16.9. The molecule has 2 aromatic carbocycles. The van der Waals surface area contributed by atoms with E-state index in [0.717, 1.165) is 12.5 Å². The topological polar surface area (TPSA) is 85.3 Å². The number of carbonyl (C=O) groups excluding carboxylic acids is 1. The molecule has 0 radical (unpaired) electrons. The minimum absolute atomic E-state index is 0.124. The highest BCUT2D eigenvalue weighted by Crippen LogP contribution is 2.31. The average Bonchev–Trinajstić information content (AvgIpc) is 3.43. The smallest absolute Gasteiger partial charge is 0.270 e. The van der Waals surface area contributed by atoms with Gasteiger partial charge in [0.15, 0.2) is 5.58 Å². The van der Waals surface area contributed by atoms with E-state index >= 15 is 0 Å². The number of halogens is 2. The van der Waals surface area contributed by atoms with Gasteiger partial charge in [0.25, 0.3) is 11.8 Å². The first-order chi connectivity index (χ1) is 15.4.